The molecule has 1 saturated heterocycles. The summed E-state index contributed by atoms with van der Waals surface area (Å²) >= 11 is 3.18. The second kappa shape index (κ2) is 9.37. The number of nitrogens with zero attached hydrogens (tertiary/aromatic N) is 1. The number of piperidine rings is 1. The van der Waals surface area contributed by atoms with Crippen LogP contribution in [-0.2, 0) is 4.79 Å². The lowest BCUT2D eigenvalue weighted by Gasteiger charge is -2.27. The van der Waals surface area contributed by atoms with Gasteiger partial charge in [-0.15, -0.1) is 0 Å². The van der Waals surface area contributed by atoms with Crippen LogP contribution in [0.4, 0.5) is 0 Å². The fourth-order valence-corrected chi connectivity index (χ4v) is 3.18. The maximum absolute atomic E-state index is 12.9. The van der Waals surface area contributed by atoms with E-state index in [1.165, 1.54) is 0 Å². The number of furan rings is 1. The molecule has 2 aromatic rings. The van der Waals surface area contributed by atoms with Crippen LogP contribution in [0, 0.1) is 0 Å². The van der Waals surface area contributed by atoms with Crippen molar-refractivity contribution >= 4 is 33.8 Å². The smallest absolute Gasteiger partial charge is 0.291 e. The molecule has 27 heavy (non-hydrogen) atoms. The molecule has 0 radical (unpaired) electrons. The van der Waals surface area contributed by atoms with Crippen molar-refractivity contribution in [1.29, 1.82) is 0 Å². The second-order valence-electron chi connectivity index (χ2n) is 6.26. The third-order valence-corrected chi connectivity index (χ3v) is 4.70. The Kier molecular flexibility index (Phi) is 6.65. The first-order chi connectivity index (χ1) is 13.1. The molecule has 140 valence electrons. The van der Waals surface area contributed by atoms with Crippen molar-refractivity contribution in [1.82, 2.24) is 10.2 Å². The fourth-order valence-electron chi connectivity index (χ4n) is 2.87. The molecule has 1 N–H and O–H groups in total. The van der Waals surface area contributed by atoms with Crippen LogP contribution in [0.3, 0.4) is 0 Å². The van der Waals surface area contributed by atoms with Gasteiger partial charge in [-0.25, -0.2) is 0 Å². The zero-order valence-electron chi connectivity index (χ0n) is 14.9. The maximum atomic E-state index is 12.9. The number of halogens is 1. The van der Waals surface area contributed by atoms with Gasteiger partial charge in [0.1, 0.15) is 5.70 Å². The van der Waals surface area contributed by atoms with E-state index in [4.69, 9.17) is 4.42 Å². The van der Waals surface area contributed by atoms with Gasteiger partial charge in [0.15, 0.2) is 10.4 Å². The summed E-state index contributed by atoms with van der Waals surface area (Å²) in [6.07, 6.45) is 8.39. The summed E-state index contributed by atoms with van der Waals surface area (Å²) in [5.41, 5.74) is 1.25. The van der Waals surface area contributed by atoms with Crippen molar-refractivity contribution in [2.75, 3.05) is 13.1 Å². The average molecular weight is 429 g/mol. The predicted octanol–water partition coefficient (Wildman–Crippen LogP) is 4.38. The van der Waals surface area contributed by atoms with Crippen molar-refractivity contribution in [3.63, 3.8) is 0 Å². The van der Waals surface area contributed by atoms with Gasteiger partial charge < -0.3 is 14.6 Å². The van der Waals surface area contributed by atoms with E-state index in [0.29, 0.717) is 17.8 Å². The molecule has 2 amide bonds. The van der Waals surface area contributed by atoms with Crippen molar-refractivity contribution in [2.45, 2.75) is 19.3 Å². The molecule has 0 spiro atoms. The summed E-state index contributed by atoms with van der Waals surface area (Å²) < 4.78 is 5.74. The third kappa shape index (κ3) is 5.44. The lowest BCUT2D eigenvalue weighted by Crippen LogP contribution is -2.41. The summed E-state index contributed by atoms with van der Waals surface area (Å²) in [5.74, 6) is -0.483. The molecule has 6 heteroatoms. The minimum absolute atomic E-state index is 0.145. The standard InChI is InChI=1S/C21H21BrN2O3/c22-19-13-12-18(27-19)20(25)23-17(21(26)24-14-5-2-6-15-24)11-7-10-16-8-3-1-4-9-16/h1,3-4,7-13H,2,5-6,14-15H2,(H,23,25)/b10-7-,17-11+. The molecule has 0 bridgehead atoms. The van der Waals surface area contributed by atoms with Gasteiger partial charge in [-0.3, -0.25) is 9.59 Å². The molecular formula is C21H21BrN2O3. The Morgan fingerprint density at radius 2 is 1.78 bits per heavy atom. The van der Waals surface area contributed by atoms with Gasteiger partial charge >= 0.3 is 0 Å². The highest BCUT2D eigenvalue weighted by atomic mass is 79.9. The number of benzene rings is 1. The van der Waals surface area contributed by atoms with E-state index in [2.05, 4.69) is 21.2 Å². The summed E-state index contributed by atoms with van der Waals surface area (Å²) in [5, 5.41) is 2.70. The number of carbonyl (C=O) groups excluding carboxylic acids is 2. The van der Waals surface area contributed by atoms with Crippen molar-refractivity contribution in [3.05, 3.63) is 76.3 Å². The summed E-state index contributed by atoms with van der Waals surface area (Å²) in [4.78, 5) is 27.1. The molecule has 2 heterocycles. The van der Waals surface area contributed by atoms with E-state index in [1.807, 2.05) is 36.4 Å². The number of allylic oxidation sites excluding steroid dienone is 2. The molecule has 0 aliphatic carbocycles. The van der Waals surface area contributed by atoms with Crippen LogP contribution >= 0.6 is 15.9 Å². The Bertz CT molecular complexity index is 849. The minimum atomic E-state index is -0.453. The van der Waals surface area contributed by atoms with Gasteiger partial charge in [0, 0.05) is 13.1 Å². The number of likely N-dealkylation sites (tertiary alicyclic amines) is 1. The Balaban J connectivity index is 1.78. The van der Waals surface area contributed by atoms with Crippen LogP contribution in [0.1, 0.15) is 35.4 Å². The molecular weight excluding hydrogens is 408 g/mol. The van der Waals surface area contributed by atoms with Gasteiger partial charge in [-0.2, -0.15) is 0 Å². The van der Waals surface area contributed by atoms with E-state index in [0.717, 1.165) is 24.8 Å². The zero-order valence-corrected chi connectivity index (χ0v) is 16.4. The number of rotatable bonds is 5. The largest absolute Gasteiger partial charge is 0.444 e. The van der Waals surface area contributed by atoms with Crippen LogP contribution in [0.5, 0.6) is 0 Å². The number of hydrogen-bond donors (Lipinski definition) is 1. The number of carbonyl (C=O) groups is 2. The second-order valence-corrected chi connectivity index (χ2v) is 7.04. The molecule has 0 unspecified atom stereocenters. The first kappa shape index (κ1) is 19.2. The molecule has 3 rings (SSSR count). The van der Waals surface area contributed by atoms with E-state index < -0.39 is 5.91 Å². The fraction of sp³-hybridized carbons (Fsp3) is 0.238. The summed E-state index contributed by atoms with van der Waals surface area (Å²) in [6.45, 7) is 1.42. The summed E-state index contributed by atoms with van der Waals surface area (Å²) in [7, 11) is 0. The highest BCUT2D eigenvalue weighted by Gasteiger charge is 2.22. The lowest BCUT2D eigenvalue weighted by molar-refractivity contribution is -0.128. The Morgan fingerprint density at radius 1 is 1.04 bits per heavy atom. The van der Waals surface area contributed by atoms with Crippen molar-refractivity contribution in [2.24, 2.45) is 0 Å². The summed E-state index contributed by atoms with van der Waals surface area (Å²) in [6, 6.07) is 13.0. The monoisotopic (exact) mass is 428 g/mol. The molecule has 5 nitrogen and oxygen atoms in total. The van der Waals surface area contributed by atoms with E-state index in [9.17, 15) is 9.59 Å². The SMILES string of the molecule is O=C(N/C(=C/C=C\c1ccccc1)C(=O)N1CCCCC1)c1ccc(Br)o1. The Hall–Kier alpha value is -2.60. The highest BCUT2D eigenvalue weighted by Crippen LogP contribution is 2.16. The molecule has 1 aliphatic heterocycles. The van der Waals surface area contributed by atoms with Crippen LogP contribution in [0.2, 0.25) is 0 Å². The van der Waals surface area contributed by atoms with E-state index in [-0.39, 0.29) is 17.4 Å². The van der Waals surface area contributed by atoms with Gasteiger partial charge in [0.05, 0.1) is 0 Å². The van der Waals surface area contributed by atoms with E-state index in [1.54, 1.807) is 29.2 Å². The van der Waals surface area contributed by atoms with Gasteiger partial charge in [-0.1, -0.05) is 42.5 Å². The minimum Gasteiger partial charge on any atom is -0.444 e. The third-order valence-electron chi connectivity index (χ3n) is 4.27. The first-order valence-corrected chi connectivity index (χ1v) is 9.72. The van der Waals surface area contributed by atoms with Gasteiger partial charge in [-0.05, 0) is 59.0 Å². The van der Waals surface area contributed by atoms with Crippen LogP contribution in [-0.4, -0.2) is 29.8 Å². The normalized spacial score (nSPS) is 15.1. The van der Waals surface area contributed by atoms with Crippen molar-refractivity contribution < 1.29 is 14.0 Å². The van der Waals surface area contributed by atoms with Crippen LogP contribution in [0.25, 0.3) is 6.08 Å². The maximum Gasteiger partial charge on any atom is 0.291 e. The quantitative estimate of drug-likeness (QED) is 0.567. The molecule has 1 aliphatic rings. The van der Waals surface area contributed by atoms with Crippen molar-refractivity contribution in [3.8, 4) is 0 Å². The average Bonchev–Trinajstić information content (AvgIpc) is 3.14. The van der Waals surface area contributed by atoms with Gasteiger partial charge in [0.25, 0.3) is 11.8 Å². The Morgan fingerprint density at radius 3 is 2.44 bits per heavy atom. The predicted molar refractivity (Wildman–Crippen MR) is 108 cm³/mol. The zero-order chi connectivity index (χ0) is 19.1. The molecule has 1 aromatic heterocycles. The van der Waals surface area contributed by atoms with Crippen LogP contribution < -0.4 is 5.32 Å². The lowest BCUT2D eigenvalue weighted by atomic mass is 10.1. The topological polar surface area (TPSA) is 62.6 Å². The van der Waals surface area contributed by atoms with E-state index >= 15 is 0 Å². The number of hydrogen-bond acceptors (Lipinski definition) is 3. The molecule has 0 atom stereocenters. The molecule has 0 saturated carbocycles. The van der Waals surface area contributed by atoms with Gasteiger partial charge in [0.2, 0.25) is 0 Å². The molecule has 1 fully saturated rings. The first-order valence-electron chi connectivity index (χ1n) is 8.93. The number of nitrogens with one attached hydrogen (secondary N) is 1. The molecule has 1 aromatic carbocycles. The Labute approximate surface area is 166 Å². The highest BCUT2D eigenvalue weighted by molar-refractivity contribution is 9.10. The number of amides is 2. The van der Waals surface area contributed by atoms with Crippen LogP contribution in [0.15, 0.2) is 69.4 Å².